The number of methoxy groups -OCH3 is 1. The number of carboxylic acid groups (broad SMARTS) is 1. The molecular weight excluding hydrogens is 282 g/mol. The Morgan fingerprint density at radius 3 is 2.23 bits per heavy atom. The summed E-state index contributed by atoms with van der Waals surface area (Å²) in [6, 6.07) is 0.158. The number of carboxylic acids is 1. The van der Waals surface area contributed by atoms with Crippen LogP contribution >= 0.6 is 0 Å². The fraction of sp³-hybridized carbons (Fsp3) is 0.882. The first kappa shape index (κ1) is 17.3. The Morgan fingerprint density at radius 2 is 1.86 bits per heavy atom. The third kappa shape index (κ3) is 2.43. The van der Waals surface area contributed by atoms with Crippen molar-refractivity contribution in [2.75, 3.05) is 14.2 Å². The van der Waals surface area contributed by atoms with Crippen LogP contribution in [0.3, 0.4) is 0 Å². The van der Waals surface area contributed by atoms with E-state index in [0.717, 1.165) is 25.7 Å². The molecule has 2 atom stereocenters. The minimum absolute atomic E-state index is 0.00909. The van der Waals surface area contributed by atoms with E-state index in [0.29, 0.717) is 12.8 Å². The van der Waals surface area contributed by atoms with Gasteiger partial charge in [-0.3, -0.25) is 9.59 Å². The van der Waals surface area contributed by atoms with Crippen LogP contribution in [0.1, 0.15) is 58.8 Å². The summed E-state index contributed by atoms with van der Waals surface area (Å²) >= 11 is 0. The molecule has 2 saturated carbocycles. The van der Waals surface area contributed by atoms with Gasteiger partial charge in [-0.05, 0) is 32.1 Å². The monoisotopic (exact) mass is 311 g/mol. The molecule has 2 fully saturated rings. The Kier molecular flexibility index (Phi) is 4.85. The summed E-state index contributed by atoms with van der Waals surface area (Å²) < 4.78 is 5.58. The summed E-state index contributed by atoms with van der Waals surface area (Å²) in [5, 5.41) is 9.41. The molecule has 0 aliphatic heterocycles. The molecule has 0 heterocycles. The van der Waals surface area contributed by atoms with E-state index >= 15 is 0 Å². The maximum absolute atomic E-state index is 12.6. The average Bonchev–Trinajstić information content (AvgIpc) is 2.43. The van der Waals surface area contributed by atoms with Crippen molar-refractivity contribution < 1.29 is 19.4 Å². The van der Waals surface area contributed by atoms with Gasteiger partial charge in [-0.1, -0.05) is 20.3 Å². The molecule has 0 aromatic rings. The lowest BCUT2D eigenvalue weighted by Crippen LogP contribution is -2.64. The molecule has 0 radical (unpaired) electrons. The van der Waals surface area contributed by atoms with Crippen LogP contribution in [0, 0.1) is 10.8 Å². The van der Waals surface area contributed by atoms with Gasteiger partial charge in [-0.15, -0.1) is 0 Å². The predicted octanol–water partition coefficient (Wildman–Crippen LogP) is 2.68. The normalized spacial score (nSPS) is 28.4. The number of hydrogen-bond donors (Lipinski definition) is 1. The van der Waals surface area contributed by atoms with Crippen LogP contribution < -0.4 is 0 Å². The van der Waals surface area contributed by atoms with E-state index in [9.17, 15) is 14.7 Å². The van der Waals surface area contributed by atoms with E-state index in [1.165, 1.54) is 0 Å². The van der Waals surface area contributed by atoms with Gasteiger partial charge in [-0.2, -0.15) is 0 Å². The first-order chi connectivity index (χ1) is 10.4. The molecule has 5 nitrogen and oxygen atoms in total. The number of amides is 1. The van der Waals surface area contributed by atoms with Crippen molar-refractivity contribution in [3.8, 4) is 0 Å². The van der Waals surface area contributed by atoms with Crippen LogP contribution in [0.15, 0.2) is 0 Å². The van der Waals surface area contributed by atoms with Crippen LogP contribution in [-0.4, -0.2) is 48.2 Å². The lowest BCUT2D eigenvalue weighted by atomic mass is 9.58. The van der Waals surface area contributed by atoms with E-state index in [1.807, 2.05) is 7.05 Å². The molecule has 2 unspecified atom stereocenters. The molecule has 0 saturated heterocycles. The van der Waals surface area contributed by atoms with E-state index in [1.54, 1.807) is 12.0 Å². The number of ether oxygens (including phenoxy) is 1. The van der Waals surface area contributed by atoms with Gasteiger partial charge in [0.05, 0.1) is 11.5 Å². The van der Waals surface area contributed by atoms with Crippen LogP contribution in [0.25, 0.3) is 0 Å². The number of rotatable bonds is 7. The van der Waals surface area contributed by atoms with Crippen LogP contribution in [0.2, 0.25) is 0 Å². The zero-order chi connectivity index (χ0) is 16.5. The third-order valence-electron chi connectivity index (χ3n) is 6.46. The van der Waals surface area contributed by atoms with Crippen LogP contribution in [0.5, 0.6) is 0 Å². The van der Waals surface area contributed by atoms with Gasteiger partial charge in [0, 0.05) is 32.0 Å². The van der Waals surface area contributed by atoms with E-state index < -0.39 is 11.4 Å². The average molecular weight is 311 g/mol. The topological polar surface area (TPSA) is 66.8 Å². The van der Waals surface area contributed by atoms with Crippen molar-refractivity contribution in [1.29, 1.82) is 0 Å². The van der Waals surface area contributed by atoms with Gasteiger partial charge < -0.3 is 14.7 Å². The second-order valence-corrected chi connectivity index (χ2v) is 7.04. The third-order valence-corrected chi connectivity index (χ3v) is 6.46. The van der Waals surface area contributed by atoms with Gasteiger partial charge in [0.1, 0.15) is 0 Å². The lowest BCUT2D eigenvalue weighted by Gasteiger charge is -2.58. The van der Waals surface area contributed by atoms with Crippen molar-refractivity contribution in [3.63, 3.8) is 0 Å². The molecule has 2 rings (SSSR count). The van der Waals surface area contributed by atoms with E-state index in [-0.39, 0.29) is 29.9 Å². The fourth-order valence-electron chi connectivity index (χ4n) is 4.44. The summed E-state index contributed by atoms with van der Waals surface area (Å²) in [6.45, 7) is 4.29. The molecule has 126 valence electrons. The zero-order valence-corrected chi connectivity index (χ0v) is 14.2. The largest absolute Gasteiger partial charge is 0.481 e. The Bertz CT molecular complexity index is 440. The van der Waals surface area contributed by atoms with Crippen LogP contribution in [0.4, 0.5) is 0 Å². The number of carbonyl (C=O) groups excluding carboxylic acids is 1. The highest BCUT2D eigenvalue weighted by Gasteiger charge is 2.56. The summed E-state index contributed by atoms with van der Waals surface area (Å²) in [4.78, 5) is 25.9. The quantitative estimate of drug-likeness (QED) is 0.785. The van der Waals surface area contributed by atoms with Crippen LogP contribution in [-0.2, 0) is 14.3 Å². The Morgan fingerprint density at radius 1 is 1.27 bits per heavy atom. The van der Waals surface area contributed by atoms with Gasteiger partial charge in [0.25, 0.3) is 0 Å². The van der Waals surface area contributed by atoms with Crippen molar-refractivity contribution in [2.24, 2.45) is 10.8 Å². The van der Waals surface area contributed by atoms with Gasteiger partial charge in [0.15, 0.2) is 0 Å². The first-order valence-electron chi connectivity index (χ1n) is 8.38. The Balaban J connectivity index is 2.06. The SMILES string of the molecule is CCC1(CC)C(OC)CC1N(C)C(=O)CC1(C(=O)O)CCC1. The molecule has 2 aliphatic rings. The summed E-state index contributed by atoms with van der Waals surface area (Å²) in [6.07, 6.45) is 5.27. The summed E-state index contributed by atoms with van der Waals surface area (Å²) in [5.41, 5.74) is -0.800. The number of nitrogens with zero attached hydrogens (tertiary/aromatic N) is 1. The second-order valence-electron chi connectivity index (χ2n) is 7.04. The number of carbonyl (C=O) groups is 2. The molecule has 1 N–H and O–H groups in total. The number of aliphatic carboxylic acids is 1. The smallest absolute Gasteiger partial charge is 0.310 e. The molecule has 5 heteroatoms. The van der Waals surface area contributed by atoms with E-state index in [2.05, 4.69) is 13.8 Å². The van der Waals surface area contributed by atoms with Crippen molar-refractivity contribution in [1.82, 2.24) is 4.90 Å². The summed E-state index contributed by atoms with van der Waals surface area (Å²) in [7, 11) is 3.56. The molecule has 1 amide bonds. The molecule has 0 aromatic carbocycles. The van der Waals surface area contributed by atoms with Gasteiger partial charge >= 0.3 is 5.97 Å². The maximum Gasteiger partial charge on any atom is 0.310 e. The van der Waals surface area contributed by atoms with Crippen molar-refractivity contribution >= 4 is 11.9 Å². The number of hydrogen-bond acceptors (Lipinski definition) is 3. The Labute approximate surface area is 133 Å². The molecule has 0 aromatic heterocycles. The molecular formula is C17H29NO4. The van der Waals surface area contributed by atoms with E-state index in [4.69, 9.17) is 4.74 Å². The second kappa shape index (κ2) is 6.19. The fourth-order valence-corrected chi connectivity index (χ4v) is 4.44. The standard InChI is InChI=1S/C17H29NO4/c1-5-17(6-2)12(10-13(17)22-4)18(3)14(19)11-16(15(20)21)8-7-9-16/h12-13H,5-11H2,1-4H3,(H,20,21). The van der Waals surface area contributed by atoms with Crippen molar-refractivity contribution in [2.45, 2.75) is 70.9 Å². The summed E-state index contributed by atoms with van der Waals surface area (Å²) in [5.74, 6) is -0.853. The van der Waals surface area contributed by atoms with Gasteiger partial charge in [-0.25, -0.2) is 0 Å². The highest BCUT2D eigenvalue weighted by Crippen LogP contribution is 2.52. The highest BCUT2D eigenvalue weighted by molar-refractivity contribution is 5.85. The molecule has 0 bridgehead atoms. The minimum atomic E-state index is -0.818. The molecule has 2 aliphatic carbocycles. The van der Waals surface area contributed by atoms with Gasteiger partial charge in [0.2, 0.25) is 5.91 Å². The Hall–Kier alpha value is -1.10. The first-order valence-corrected chi connectivity index (χ1v) is 8.38. The lowest BCUT2D eigenvalue weighted by molar-refractivity contribution is -0.176. The van der Waals surface area contributed by atoms with Crippen molar-refractivity contribution in [3.05, 3.63) is 0 Å². The molecule has 22 heavy (non-hydrogen) atoms. The maximum atomic E-state index is 12.6. The highest BCUT2D eigenvalue weighted by atomic mass is 16.5. The molecule has 0 spiro atoms. The zero-order valence-electron chi connectivity index (χ0n) is 14.2. The minimum Gasteiger partial charge on any atom is -0.481 e. The predicted molar refractivity (Wildman–Crippen MR) is 83.5 cm³/mol.